The standard InChI is InChI=1S/C18H18ClN3O/c1-13-6-7-17(21-16(13)12-20)22-10-8-18(23,9-11-22)14-4-2-3-5-15(14)19/h2-7,23H,8-11H2,1H3. The molecule has 4 nitrogen and oxygen atoms in total. The van der Waals surface area contributed by atoms with Gasteiger partial charge in [-0.3, -0.25) is 0 Å². The van der Waals surface area contributed by atoms with Crippen LogP contribution in [0.2, 0.25) is 5.02 Å². The van der Waals surface area contributed by atoms with Crippen LogP contribution in [0.1, 0.15) is 29.7 Å². The van der Waals surface area contributed by atoms with Gasteiger partial charge in [0.25, 0.3) is 0 Å². The van der Waals surface area contributed by atoms with Gasteiger partial charge in [-0.05, 0) is 37.5 Å². The Morgan fingerprint density at radius 2 is 1.91 bits per heavy atom. The molecule has 1 aromatic carbocycles. The summed E-state index contributed by atoms with van der Waals surface area (Å²) >= 11 is 6.24. The van der Waals surface area contributed by atoms with E-state index in [1.54, 1.807) is 0 Å². The van der Waals surface area contributed by atoms with Gasteiger partial charge in [0.05, 0.1) is 5.60 Å². The van der Waals surface area contributed by atoms with E-state index in [0.29, 0.717) is 36.6 Å². The van der Waals surface area contributed by atoms with Gasteiger partial charge in [-0.2, -0.15) is 5.26 Å². The molecule has 1 N–H and O–H groups in total. The summed E-state index contributed by atoms with van der Waals surface area (Å²) in [6, 6.07) is 13.4. The zero-order valence-electron chi connectivity index (χ0n) is 13.0. The van der Waals surface area contributed by atoms with Crippen LogP contribution in [0.25, 0.3) is 0 Å². The number of nitriles is 1. The fourth-order valence-corrected chi connectivity index (χ4v) is 3.33. The highest BCUT2D eigenvalue weighted by Crippen LogP contribution is 2.37. The van der Waals surface area contributed by atoms with Crippen molar-refractivity contribution in [2.45, 2.75) is 25.4 Å². The van der Waals surface area contributed by atoms with Gasteiger partial charge in [0.15, 0.2) is 0 Å². The molecule has 2 aromatic rings. The molecule has 118 valence electrons. The number of hydrogen-bond donors (Lipinski definition) is 1. The van der Waals surface area contributed by atoms with E-state index < -0.39 is 5.60 Å². The Morgan fingerprint density at radius 3 is 2.57 bits per heavy atom. The number of halogens is 1. The minimum Gasteiger partial charge on any atom is -0.385 e. The smallest absolute Gasteiger partial charge is 0.145 e. The first-order chi connectivity index (χ1) is 11.0. The quantitative estimate of drug-likeness (QED) is 0.918. The van der Waals surface area contributed by atoms with Crippen LogP contribution in [0.15, 0.2) is 36.4 Å². The molecular weight excluding hydrogens is 310 g/mol. The van der Waals surface area contributed by atoms with Crippen LogP contribution in [0, 0.1) is 18.3 Å². The number of aryl methyl sites for hydroxylation is 1. The number of hydrogen-bond acceptors (Lipinski definition) is 4. The molecule has 0 aliphatic carbocycles. The molecule has 1 aromatic heterocycles. The topological polar surface area (TPSA) is 60.1 Å². The van der Waals surface area contributed by atoms with Crippen molar-refractivity contribution in [2.24, 2.45) is 0 Å². The summed E-state index contributed by atoms with van der Waals surface area (Å²) in [6.45, 7) is 3.22. The Morgan fingerprint density at radius 1 is 1.22 bits per heavy atom. The first-order valence-electron chi connectivity index (χ1n) is 7.63. The van der Waals surface area contributed by atoms with Crippen LogP contribution >= 0.6 is 11.6 Å². The van der Waals surface area contributed by atoms with Gasteiger partial charge in [-0.25, -0.2) is 4.98 Å². The number of rotatable bonds is 2. The number of benzene rings is 1. The lowest BCUT2D eigenvalue weighted by Gasteiger charge is -2.39. The predicted molar refractivity (Wildman–Crippen MR) is 90.5 cm³/mol. The number of pyridine rings is 1. The van der Waals surface area contributed by atoms with Crippen molar-refractivity contribution in [1.29, 1.82) is 5.26 Å². The van der Waals surface area contributed by atoms with E-state index in [9.17, 15) is 5.11 Å². The first-order valence-corrected chi connectivity index (χ1v) is 8.01. The summed E-state index contributed by atoms with van der Waals surface area (Å²) < 4.78 is 0. The number of anilines is 1. The molecule has 1 aliphatic rings. The van der Waals surface area contributed by atoms with Crippen LogP contribution in [0.3, 0.4) is 0 Å². The van der Waals surface area contributed by atoms with Crippen LogP contribution in [-0.2, 0) is 5.60 Å². The Balaban J connectivity index is 1.79. The fraction of sp³-hybridized carbons (Fsp3) is 0.333. The lowest BCUT2D eigenvalue weighted by atomic mass is 9.84. The summed E-state index contributed by atoms with van der Waals surface area (Å²) in [6.07, 6.45) is 1.16. The van der Waals surface area contributed by atoms with Gasteiger partial charge in [-0.15, -0.1) is 0 Å². The van der Waals surface area contributed by atoms with Gasteiger partial charge < -0.3 is 10.0 Å². The molecule has 0 radical (unpaired) electrons. The highest BCUT2D eigenvalue weighted by Gasteiger charge is 2.35. The van der Waals surface area contributed by atoms with E-state index in [1.165, 1.54) is 0 Å². The van der Waals surface area contributed by atoms with E-state index in [-0.39, 0.29) is 0 Å². The summed E-state index contributed by atoms with van der Waals surface area (Å²) in [5, 5.41) is 20.7. The molecule has 0 saturated carbocycles. The highest BCUT2D eigenvalue weighted by atomic mass is 35.5. The van der Waals surface area contributed by atoms with E-state index >= 15 is 0 Å². The summed E-state index contributed by atoms with van der Waals surface area (Å²) in [4.78, 5) is 6.51. The van der Waals surface area contributed by atoms with E-state index in [0.717, 1.165) is 16.9 Å². The molecule has 1 fully saturated rings. The third-order valence-corrected chi connectivity index (χ3v) is 4.81. The Kier molecular flexibility index (Phi) is 4.25. The minimum absolute atomic E-state index is 0.453. The van der Waals surface area contributed by atoms with Crippen LogP contribution in [0.4, 0.5) is 5.82 Å². The molecule has 0 atom stereocenters. The second kappa shape index (κ2) is 6.19. The number of aliphatic hydroxyl groups is 1. The fourth-order valence-electron chi connectivity index (χ4n) is 3.02. The molecule has 5 heteroatoms. The second-order valence-corrected chi connectivity index (χ2v) is 6.35. The monoisotopic (exact) mass is 327 g/mol. The van der Waals surface area contributed by atoms with Gasteiger partial charge in [-0.1, -0.05) is 35.9 Å². The molecule has 2 heterocycles. The van der Waals surface area contributed by atoms with Gasteiger partial charge in [0, 0.05) is 23.7 Å². The highest BCUT2D eigenvalue weighted by molar-refractivity contribution is 6.31. The van der Waals surface area contributed by atoms with Gasteiger partial charge >= 0.3 is 0 Å². The number of aromatic nitrogens is 1. The van der Waals surface area contributed by atoms with E-state index in [2.05, 4.69) is 16.0 Å². The average Bonchev–Trinajstić information content (AvgIpc) is 2.56. The van der Waals surface area contributed by atoms with Crippen molar-refractivity contribution in [1.82, 2.24) is 4.98 Å². The molecular formula is C18H18ClN3O. The second-order valence-electron chi connectivity index (χ2n) is 5.95. The Labute approximate surface area is 141 Å². The van der Waals surface area contributed by atoms with Crippen molar-refractivity contribution in [3.8, 4) is 6.07 Å². The maximum Gasteiger partial charge on any atom is 0.145 e. The molecule has 23 heavy (non-hydrogen) atoms. The van der Waals surface area contributed by atoms with E-state index in [1.807, 2.05) is 43.3 Å². The van der Waals surface area contributed by atoms with Crippen molar-refractivity contribution in [3.05, 3.63) is 58.2 Å². The molecule has 0 unspecified atom stereocenters. The van der Waals surface area contributed by atoms with Crippen molar-refractivity contribution >= 4 is 17.4 Å². The minimum atomic E-state index is -0.905. The lowest BCUT2D eigenvalue weighted by Crippen LogP contribution is -2.43. The molecule has 1 saturated heterocycles. The van der Waals surface area contributed by atoms with Crippen molar-refractivity contribution < 1.29 is 5.11 Å². The zero-order chi connectivity index (χ0) is 16.4. The molecule has 0 amide bonds. The van der Waals surface area contributed by atoms with Crippen LogP contribution in [0.5, 0.6) is 0 Å². The maximum absolute atomic E-state index is 10.9. The lowest BCUT2D eigenvalue weighted by molar-refractivity contribution is 0.0117. The third-order valence-electron chi connectivity index (χ3n) is 4.48. The van der Waals surface area contributed by atoms with Crippen molar-refractivity contribution in [2.75, 3.05) is 18.0 Å². The molecule has 0 bridgehead atoms. The SMILES string of the molecule is Cc1ccc(N2CCC(O)(c3ccccc3Cl)CC2)nc1C#N. The maximum atomic E-state index is 10.9. The number of nitrogens with zero attached hydrogens (tertiary/aromatic N) is 3. The zero-order valence-corrected chi connectivity index (χ0v) is 13.7. The number of piperidine rings is 1. The molecule has 3 rings (SSSR count). The Bertz CT molecular complexity index is 761. The predicted octanol–water partition coefficient (Wildman–Crippen LogP) is 3.40. The summed E-state index contributed by atoms with van der Waals surface area (Å²) in [5.41, 5.74) is 1.21. The normalized spacial score (nSPS) is 16.9. The van der Waals surface area contributed by atoms with Crippen LogP contribution in [-0.4, -0.2) is 23.2 Å². The third kappa shape index (κ3) is 3.03. The van der Waals surface area contributed by atoms with E-state index in [4.69, 9.17) is 16.9 Å². The first kappa shape index (κ1) is 15.8. The largest absolute Gasteiger partial charge is 0.385 e. The molecule has 0 spiro atoms. The van der Waals surface area contributed by atoms with Crippen molar-refractivity contribution in [3.63, 3.8) is 0 Å². The summed E-state index contributed by atoms with van der Waals surface area (Å²) in [7, 11) is 0. The summed E-state index contributed by atoms with van der Waals surface area (Å²) in [5.74, 6) is 0.786. The molecule has 1 aliphatic heterocycles. The van der Waals surface area contributed by atoms with Gasteiger partial charge in [0.2, 0.25) is 0 Å². The van der Waals surface area contributed by atoms with Gasteiger partial charge in [0.1, 0.15) is 17.6 Å². The van der Waals surface area contributed by atoms with Crippen LogP contribution < -0.4 is 4.90 Å². The Hall–Kier alpha value is -2.09. The average molecular weight is 328 g/mol.